The molecular formula is C14H13FN2O2. The maximum absolute atomic E-state index is 12.7. The van der Waals surface area contributed by atoms with E-state index in [1.807, 2.05) is 0 Å². The first-order valence-electron chi connectivity index (χ1n) is 5.78. The molecule has 1 amide bonds. The number of anilines is 1. The third kappa shape index (κ3) is 3.86. The Bertz CT molecular complexity index is 570. The lowest BCUT2D eigenvalue weighted by atomic mass is 10.1. The van der Waals surface area contributed by atoms with Gasteiger partial charge >= 0.3 is 0 Å². The van der Waals surface area contributed by atoms with Crippen molar-refractivity contribution < 1.29 is 14.3 Å². The zero-order chi connectivity index (χ0) is 13.7. The molecule has 0 spiro atoms. The molecule has 0 aliphatic rings. The van der Waals surface area contributed by atoms with Crippen LogP contribution in [0.5, 0.6) is 0 Å². The molecule has 5 heteroatoms. The van der Waals surface area contributed by atoms with Crippen LogP contribution >= 0.6 is 0 Å². The van der Waals surface area contributed by atoms with E-state index in [1.54, 1.807) is 30.3 Å². The molecule has 0 bridgehead atoms. The van der Waals surface area contributed by atoms with Gasteiger partial charge in [0.15, 0.2) is 0 Å². The highest BCUT2D eigenvalue weighted by molar-refractivity contribution is 5.91. The Labute approximate surface area is 109 Å². The quantitative estimate of drug-likeness (QED) is 0.882. The van der Waals surface area contributed by atoms with Crippen molar-refractivity contribution in [3.8, 4) is 0 Å². The Hall–Kier alpha value is -2.27. The third-order valence-corrected chi connectivity index (χ3v) is 2.51. The van der Waals surface area contributed by atoms with Crippen LogP contribution in [-0.4, -0.2) is 16.0 Å². The molecule has 0 aliphatic heterocycles. The molecule has 1 aromatic heterocycles. The number of carbonyl (C=O) groups is 1. The number of hydrogen-bond acceptors (Lipinski definition) is 3. The first-order valence-corrected chi connectivity index (χ1v) is 5.78. The van der Waals surface area contributed by atoms with E-state index in [9.17, 15) is 9.18 Å². The largest absolute Gasteiger partial charge is 0.390 e. The molecule has 19 heavy (non-hydrogen) atoms. The number of rotatable bonds is 4. The minimum atomic E-state index is -0.332. The zero-order valence-corrected chi connectivity index (χ0v) is 10.1. The van der Waals surface area contributed by atoms with Crippen LogP contribution in [0.3, 0.4) is 0 Å². The van der Waals surface area contributed by atoms with Crippen LogP contribution in [0.2, 0.25) is 0 Å². The molecule has 4 nitrogen and oxygen atoms in total. The van der Waals surface area contributed by atoms with E-state index < -0.39 is 0 Å². The summed E-state index contributed by atoms with van der Waals surface area (Å²) in [6.07, 6.45) is 0.144. The monoisotopic (exact) mass is 260 g/mol. The van der Waals surface area contributed by atoms with Gasteiger partial charge in [0.25, 0.3) is 0 Å². The number of benzene rings is 1. The molecule has 0 radical (unpaired) electrons. The maximum Gasteiger partial charge on any atom is 0.229 e. The highest BCUT2D eigenvalue weighted by Gasteiger charge is 2.05. The molecule has 0 aliphatic carbocycles. The Morgan fingerprint density at radius 1 is 1.21 bits per heavy atom. The van der Waals surface area contributed by atoms with Gasteiger partial charge in [0.1, 0.15) is 11.6 Å². The zero-order valence-electron chi connectivity index (χ0n) is 10.1. The smallest absolute Gasteiger partial charge is 0.229 e. The van der Waals surface area contributed by atoms with Gasteiger partial charge in [-0.2, -0.15) is 0 Å². The van der Waals surface area contributed by atoms with Gasteiger partial charge in [-0.05, 0) is 29.8 Å². The van der Waals surface area contributed by atoms with Crippen molar-refractivity contribution in [1.29, 1.82) is 0 Å². The molecule has 0 saturated heterocycles. The minimum Gasteiger partial charge on any atom is -0.390 e. The summed E-state index contributed by atoms with van der Waals surface area (Å²) in [6.45, 7) is -0.179. The summed E-state index contributed by atoms with van der Waals surface area (Å²) in [4.78, 5) is 15.8. The van der Waals surface area contributed by atoms with Crippen molar-refractivity contribution in [3.05, 3.63) is 59.5 Å². The number of nitrogens with zero attached hydrogens (tertiary/aromatic N) is 1. The average Bonchev–Trinajstić information content (AvgIpc) is 2.41. The fraction of sp³-hybridized carbons (Fsp3) is 0.143. The van der Waals surface area contributed by atoms with Crippen molar-refractivity contribution in [1.82, 2.24) is 4.98 Å². The summed E-state index contributed by atoms with van der Waals surface area (Å²) in [7, 11) is 0. The normalized spacial score (nSPS) is 10.2. The number of hydrogen-bond donors (Lipinski definition) is 2. The number of aromatic nitrogens is 1. The van der Waals surface area contributed by atoms with E-state index in [-0.39, 0.29) is 24.8 Å². The maximum atomic E-state index is 12.7. The van der Waals surface area contributed by atoms with E-state index in [2.05, 4.69) is 10.3 Å². The van der Waals surface area contributed by atoms with E-state index in [0.717, 1.165) is 5.56 Å². The summed E-state index contributed by atoms with van der Waals surface area (Å²) in [5.74, 6) is -0.186. The number of amides is 1. The van der Waals surface area contributed by atoms with Crippen LogP contribution < -0.4 is 5.32 Å². The van der Waals surface area contributed by atoms with Crippen molar-refractivity contribution in [3.63, 3.8) is 0 Å². The topological polar surface area (TPSA) is 62.2 Å². The Balaban J connectivity index is 1.99. The Kier molecular flexibility index (Phi) is 4.20. The number of halogens is 1. The van der Waals surface area contributed by atoms with Crippen LogP contribution in [0.4, 0.5) is 10.2 Å². The second kappa shape index (κ2) is 6.06. The van der Waals surface area contributed by atoms with Gasteiger partial charge < -0.3 is 10.4 Å². The van der Waals surface area contributed by atoms with Gasteiger partial charge in [0.2, 0.25) is 5.91 Å². The van der Waals surface area contributed by atoms with Gasteiger partial charge in [0.05, 0.1) is 18.7 Å². The predicted octanol–water partition coefficient (Wildman–Crippen LogP) is 1.89. The van der Waals surface area contributed by atoms with Gasteiger partial charge in [-0.25, -0.2) is 9.37 Å². The first kappa shape index (κ1) is 13.2. The summed E-state index contributed by atoms with van der Waals surface area (Å²) < 4.78 is 12.7. The number of nitrogens with one attached hydrogen (secondary N) is 1. The fourth-order valence-electron chi connectivity index (χ4n) is 1.61. The van der Waals surface area contributed by atoms with Crippen LogP contribution in [-0.2, 0) is 17.8 Å². The molecule has 0 saturated carbocycles. The molecule has 98 valence electrons. The minimum absolute atomic E-state index is 0.144. The van der Waals surface area contributed by atoms with Crippen LogP contribution in [0.25, 0.3) is 0 Å². The molecule has 2 aromatic rings. The summed E-state index contributed by atoms with van der Waals surface area (Å²) in [5, 5.41) is 11.6. The van der Waals surface area contributed by atoms with Crippen molar-refractivity contribution >= 4 is 11.7 Å². The lowest BCUT2D eigenvalue weighted by molar-refractivity contribution is -0.115. The van der Waals surface area contributed by atoms with E-state index in [1.165, 1.54) is 12.1 Å². The second-order valence-corrected chi connectivity index (χ2v) is 4.02. The molecular weight excluding hydrogens is 247 g/mol. The van der Waals surface area contributed by atoms with Gasteiger partial charge in [-0.15, -0.1) is 0 Å². The van der Waals surface area contributed by atoms with E-state index in [4.69, 9.17) is 5.11 Å². The van der Waals surface area contributed by atoms with Crippen molar-refractivity contribution in [2.24, 2.45) is 0 Å². The first-order chi connectivity index (χ1) is 9.17. The molecule has 1 heterocycles. The molecule has 2 N–H and O–H groups in total. The average molecular weight is 260 g/mol. The Morgan fingerprint density at radius 2 is 1.95 bits per heavy atom. The standard InChI is InChI=1S/C14H13FN2O2/c15-11-6-4-10(5-7-11)8-14(19)17-13-3-1-2-12(9-18)16-13/h1-7,18H,8-9H2,(H,16,17,19). The van der Waals surface area contributed by atoms with Crippen molar-refractivity contribution in [2.45, 2.75) is 13.0 Å². The third-order valence-electron chi connectivity index (χ3n) is 2.51. The lowest BCUT2D eigenvalue weighted by Crippen LogP contribution is -2.15. The van der Waals surface area contributed by atoms with Gasteiger partial charge in [0, 0.05) is 0 Å². The van der Waals surface area contributed by atoms with Gasteiger partial charge in [-0.1, -0.05) is 18.2 Å². The SMILES string of the molecule is O=C(Cc1ccc(F)cc1)Nc1cccc(CO)n1. The second-order valence-electron chi connectivity index (χ2n) is 4.02. The summed E-state index contributed by atoms with van der Waals surface area (Å²) >= 11 is 0. The number of pyridine rings is 1. The Morgan fingerprint density at radius 3 is 2.63 bits per heavy atom. The molecule has 2 rings (SSSR count). The van der Waals surface area contributed by atoms with Crippen LogP contribution in [0, 0.1) is 5.82 Å². The highest BCUT2D eigenvalue weighted by atomic mass is 19.1. The predicted molar refractivity (Wildman–Crippen MR) is 68.9 cm³/mol. The number of carbonyl (C=O) groups excluding carboxylic acids is 1. The van der Waals surface area contributed by atoms with Crippen LogP contribution in [0.1, 0.15) is 11.3 Å². The molecule has 0 fully saturated rings. The molecule has 0 unspecified atom stereocenters. The van der Waals surface area contributed by atoms with Gasteiger partial charge in [-0.3, -0.25) is 4.79 Å². The fourth-order valence-corrected chi connectivity index (χ4v) is 1.61. The van der Waals surface area contributed by atoms with E-state index >= 15 is 0 Å². The highest BCUT2D eigenvalue weighted by Crippen LogP contribution is 2.07. The lowest BCUT2D eigenvalue weighted by Gasteiger charge is -2.05. The molecule has 1 aromatic carbocycles. The summed E-state index contributed by atoms with van der Waals surface area (Å²) in [5.41, 5.74) is 1.21. The van der Waals surface area contributed by atoms with Crippen molar-refractivity contribution in [2.75, 3.05) is 5.32 Å². The van der Waals surface area contributed by atoms with E-state index in [0.29, 0.717) is 11.5 Å². The number of aliphatic hydroxyl groups is 1. The molecule has 0 atom stereocenters. The van der Waals surface area contributed by atoms with Crippen LogP contribution in [0.15, 0.2) is 42.5 Å². The number of aliphatic hydroxyl groups excluding tert-OH is 1. The summed E-state index contributed by atoms with van der Waals surface area (Å²) in [6, 6.07) is 10.8.